The Balaban J connectivity index is 1.91. The van der Waals surface area contributed by atoms with Crippen molar-refractivity contribution in [3.05, 3.63) is 53.9 Å². The number of carbonyl (C=O) groups is 1. The fourth-order valence-electron chi connectivity index (χ4n) is 1.62. The summed E-state index contributed by atoms with van der Waals surface area (Å²) in [6, 6.07) is 11.7. The summed E-state index contributed by atoms with van der Waals surface area (Å²) in [7, 11) is 0. The van der Waals surface area contributed by atoms with Crippen molar-refractivity contribution in [2.45, 2.75) is 13.0 Å². The zero-order chi connectivity index (χ0) is 12.1. The molecule has 0 atom stereocenters. The molecule has 4 N–H and O–H groups in total. The van der Waals surface area contributed by atoms with Gasteiger partial charge in [0.1, 0.15) is 0 Å². The Labute approximate surface area is 99.8 Å². The summed E-state index contributed by atoms with van der Waals surface area (Å²) in [6.07, 6.45) is 2.18. The van der Waals surface area contributed by atoms with Crippen LogP contribution in [0, 0.1) is 0 Å². The number of nitrogens with one attached hydrogen (secondary N) is 2. The van der Waals surface area contributed by atoms with E-state index in [1.165, 1.54) is 0 Å². The van der Waals surface area contributed by atoms with Gasteiger partial charge in [-0.3, -0.25) is 4.79 Å². The minimum absolute atomic E-state index is 0.289. The van der Waals surface area contributed by atoms with E-state index in [1.54, 1.807) is 0 Å². The number of amides is 1. The molecule has 2 rings (SSSR count). The number of H-pyrrole nitrogens is 1. The number of aromatic amines is 1. The summed E-state index contributed by atoms with van der Waals surface area (Å²) in [6.45, 7) is 0.752. The van der Waals surface area contributed by atoms with Crippen LogP contribution in [0.4, 0.5) is 5.69 Å². The largest absolute Gasteiger partial charge is 0.379 e. The number of rotatable bonds is 5. The monoisotopic (exact) mass is 229 g/mol. The molecule has 0 aliphatic rings. The molecule has 0 saturated carbocycles. The van der Waals surface area contributed by atoms with Crippen molar-refractivity contribution < 1.29 is 4.79 Å². The van der Waals surface area contributed by atoms with Gasteiger partial charge in [0, 0.05) is 17.6 Å². The highest BCUT2D eigenvalue weighted by atomic mass is 16.1. The van der Waals surface area contributed by atoms with Gasteiger partial charge in [0.05, 0.1) is 13.0 Å². The molecule has 1 heterocycles. The van der Waals surface area contributed by atoms with Crippen LogP contribution in [0.1, 0.15) is 11.3 Å². The molecule has 88 valence electrons. The van der Waals surface area contributed by atoms with Gasteiger partial charge in [-0.25, -0.2) is 0 Å². The van der Waals surface area contributed by atoms with Crippen molar-refractivity contribution in [3.63, 3.8) is 0 Å². The van der Waals surface area contributed by atoms with Gasteiger partial charge in [-0.05, 0) is 29.8 Å². The molecule has 0 saturated heterocycles. The molecular weight excluding hydrogens is 214 g/mol. The molecule has 0 radical (unpaired) electrons. The molecule has 2 aromatic rings. The highest BCUT2D eigenvalue weighted by Gasteiger charge is 1.98. The molecule has 0 unspecified atom stereocenters. The maximum Gasteiger partial charge on any atom is 0.221 e. The minimum Gasteiger partial charge on any atom is -0.379 e. The number of benzene rings is 1. The average molecular weight is 229 g/mol. The van der Waals surface area contributed by atoms with Gasteiger partial charge in [-0.1, -0.05) is 12.1 Å². The molecular formula is C13H15N3O. The van der Waals surface area contributed by atoms with Crippen molar-refractivity contribution in [1.82, 2.24) is 4.98 Å². The van der Waals surface area contributed by atoms with E-state index >= 15 is 0 Å². The second-order valence-corrected chi connectivity index (χ2v) is 3.89. The van der Waals surface area contributed by atoms with E-state index in [0.29, 0.717) is 0 Å². The second kappa shape index (κ2) is 5.21. The van der Waals surface area contributed by atoms with Crippen LogP contribution in [-0.2, 0) is 17.8 Å². The van der Waals surface area contributed by atoms with Gasteiger partial charge in [0.25, 0.3) is 0 Å². The quantitative estimate of drug-likeness (QED) is 0.729. The lowest BCUT2D eigenvalue weighted by atomic mass is 10.1. The molecule has 4 nitrogen and oxygen atoms in total. The van der Waals surface area contributed by atoms with E-state index in [-0.39, 0.29) is 12.3 Å². The van der Waals surface area contributed by atoms with Crippen LogP contribution in [0.5, 0.6) is 0 Å². The lowest BCUT2D eigenvalue weighted by Gasteiger charge is -2.05. The Kier molecular flexibility index (Phi) is 3.45. The SMILES string of the molecule is NC(=O)Cc1ccc(NCc2ccc[nH]2)cc1. The third-order valence-corrected chi connectivity index (χ3v) is 2.48. The fourth-order valence-corrected chi connectivity index (χ4v) is 1.62. The highest BCUT2D eigenvalue weighted by Crippen LogP contribution is 2.11. The van der Waals surface area contributed by atoms with Crippen LogP contribution in [0.2, 0.25) is 0 Å². The normalized spacial score (nSPS) is 10.1. The Bertz CT molecular complexity index is 474. The molecule has 0 aliphatic heterocycles. The van der Waals surface area contributed by atoms with Crippen molar-refractivity contribution >= 4 is 11.6 Å². The lowest BCUT2D eigenvalue weighted by molar-refractivity contribution is -0.117. The minimum atomic E-state index is -0.308. The summed E-state index contributed by atoms with van der Waals surface area (Å²) >= 11 is 0. The van der Waals surface area contributed by atoms with Crippen molar-refractivity contribution in [2.24, 2.45) is 5.73 Å². The molecule has 1 aromatic heterocycles. The van der Waals surface area contributed by atoms with Gasteiger partial charge in [-0.2, -0.15) is 0 Å². The van der Waals surface area contributed by atoms with Crippen LogP contribution in [0.3, 0.4) is 0 Å². The molecule has 1 aromatic carbocycles. The molecule has 0 fully saturated rings. The molecule has 4 heteroatoms. The van der Waals surface area contributed by atoms with Crippen LogP contribution < -0.4 is 11.1 Å². The van der Waals surface area contributed by atoms with E-state index < -0.39 is 0 Å². The number of anilines is 1. The Morgan fingerprint density at radius 1 is 1.24 bits per heavy atom. The Morgan fingerprint density at radius 2 is 2.00 bits per heavy atom. The third-order valence-electron chi connectivity index (χ3n) is 2.48. The second-order valence-electron chi connectivity index (χ2n) is 3.89. The predicted octanol–water partition coefficient (Wildman–Crippen LogP) is 1.65. The first kappa shape index (κ1) is 11.3. The van der Waals surface area contributed by atoms with Crippen molar-refractivity contribution in [1.29, 1.82) is 0 Å². The summed E-state index contributed by atoms with van der Waals surface area (Å²) in [5.74, 6) is -0.308. The molecule has 0 spiro atoms. The van der Waals surface area contributed by atoms with Gasteiger partial charge < -0.3 is 16.0 Å². The summed E-state index contributed by atoms with van der Waals surface area (Å²) in [5, 5.41) is 3.28. The lowest BCUT2D eigenvalue weighted by Crippen LogP contribution is -2.13. The van der Waals surface area contributed by atoms with E-state index in [4.69, 9.17) is 5.73 Å². The predicted molar refractivity (Wildman–Crippen MR) is 67.5 cm³/mol. The van der Waals surface area contributed by atoms with Crippen LogP contribution in [0.25, 0.3) is 0 Å². The number of carbonyl (C=O) groups excluding carboxylic acids is 1. The van der Waals surface area contributed by atoms with Crippen molar-refractivity contribution in [3.8, 4) is 0 Å². The molecule has 0 bridgehead atoms. The van der Waals surface area contributed by atoms with E-state index in [2.05, 4.69) is 10.3 Å². The van der Waals surface area contributed by atoms with Gasteiger partial charge in [-0.15, -0.1) is 0 Å². The van der Waals surface area contributed by atoms with Gasteiger partial charge in [0.15, 0.2) is 0 Å². The van der Waals surface area contributed by atoms with Gasteiger partial charge >= 0.3 is 0 Å². The van der Waals surface area contributed by atoms with Gasteiger partial charge in [0.2, 0.25) is 5.91 Å². The first-order chi connectivity index (χ1) is 8.24. The molecule has 1 amide bonds. The van der Waals surface area contributed by atoms with E-state index in [9.17, 15) is 4.79 Å². The molecule has 17 heavy (non-hydrogen) atoms. The molecule has 0 aliphatic carbocycles. The first-order valence-electron chi connectivity index (χ1n) is 5.47. The third kappa shape index (κ3) is 3.38. The van der Waals surface area contributed by atoms with E-state index in [0.717, 1.165) is 23.5 Å². The van der Waals surface area contributed by atoms with Crippen molar-refractivity contribution in [2.75, 3.05) is 5.32 Å². The summed E-state index contributed by atoms with van der Waals surface area (Å²) < 4.78 is 0. The number of hydrogen-bond acceptors (Lipinski definition) is 2. The number of aromatic nitrogens is 1. The highest BCUT2D eigenvalue weighted by molar-refractivity contribution is 5.76. The first-order valence-corrected chi connectivity index (χ1v) is 5.47. The fraction of sp³-hybridized carbons (Fsp3) is 0.154. The number of hydrogen-bond donors (Lipinski definition) is 3. The van der Waals surface area contributed by atoms with Crippen LogP contribution in [-0.4, -0.2) is 10.9 Å². The topological polar surface area (TPSA) is 70.9 Å². The maximum atomic E-state index is 10.7. The van der Waals surface area contributed by atoms with Crippen LogP contribution >= 0.6 is 0 Å². The standard InChI is InChI=1S/C13H15N3O/c14-13(17)8-10-3-5-11(6-4-10)16-9-12-2-1-7-15-12/h1-7,15-16H,8-9H2,(H2,14,17). The Hall–Kier alpha value is -2.23. The maximum absolute atomic E-state index is 10.7. The zero-order valence-corrected chi connectivity index (χ0v) is 9.44. The Morgan fingerprint density at radius 3 is 2.59 bits per heavy atom. The number of nitrogens with two attached hydrogens (primary N) is 1. The number of primary amides is 1. The average Bonchev–Trinajstić information content (AvgIpc) is 2.80. The summed E-state index contributed by atoms with van der Waals surface area (Å²) in [4.78, 5) is 13.9. The van der Waals surface area contributed by atoms with Crippen LogP contribution in [0.15, 0.2) is 42.6 Å². The smallest absolute Gasteiger partial charge is 0.221 e. The van der Waals surface area contributed by atoms with E-state index in [1.807, 2.05) is 42.6 Å². The zero-order valence-electron chi connectivity index (χ0n) is 9.44. The summed E-state index contributed by atoms with van der Waals surface area (Å²) in [5.41, 5.74) is 8.21.